The van der Waals surface area contributed by atoms with Gasteiger partial charge >= 0.3 is 6.09 Å². The van der Waals surface area contributed by atoms with Crippen LogP contribution < -0.4 is 15.4 Å². The van der Waals surface area contributed by atoms with Crippen LogP contribution in [0.25, 0.3) is 0 Å². The quantitative estimate of drug-likeness (QED) is 0.750. The van der Waals surface area contributed by atoms with Gasteiger partial charge in [0.15, 0.2) is 0 Å². The number of hydrogen-bond acceptors (Lipinski definition) is 5. The number of carbonyl (C=O) groups excluding carboxylic acids is 2. The van der Waals surface area contributed by atoms with Gasteiger partial charge in [-0.25, -0.2) is 9.18 Å². The highest BCUT2D eigenvalue weighted by atomic mass is 19.1. The Morgan fingerprint density at radius 2 is 2.16 bits per heavy atom. The summed E-state index contributed by atoms with van der Waals surface area (Å²) in [7, 11) is 0. The fourth-order valence-corrected chi connectivity index (χ4v) is 4.13. The number of alkyl carbamates (subject to hydrolysis) is 1. The van der Waals surface area contributed by atoms with Crippen LogP contribution in [0.15, 0.2) is 18.3 Å². The van der Waals surface area contributed by atoms with Crippen LogP contribution in [-0.2, 0) is 24.1 Å². The fraction of sp³-hybridized carbons (Fsp3) is 0.522. The Bertz CT molecular complexity index is 1030. The molecule has 0 spiro atoms. The largest absolute Gasteiger partial charge is 0.491 e. The topological polar surface area (TPSA) is 94.5 Å². The number of anilines is 1. The number of nitrogens with zero attached hydrogens (tertiary/aromatic N) is 2. The van der Waals surface area contributed by atoms with E-state index in [4.69, 9.17) is 9.47 Å². The van der Waals surface area contributed by atoms with Crippen molar-refractivity contribution in [2.24, 2.45) is 5.92 Å². The van der Waals surface area contributed by atoms with Gasteiger partial charge in [-0.2, -0.15) is 5.10 Å². The van der Waals surface area contributed by atoms with Gasteiger partial charge in [-0.3, -0.25) is 9.48 Å². The molecule has 0 saturated heterocycles. The number of aromatic nitrogens is 2. The Hall–Kier alpha value is -3.10. The van der Waals surface area contributed by atoms with Crippen molar-refractivity contribution in [1.29, 1.82) is 0 Å². The van der Waals surface area contributed by atoms with E-state index in [9.17, 15) is 14.0 Å². The third-order valence-electron chi connectivity index (χ3n) is 5.57. The van der Waals surface area contributed by atoms with E-state index < -0.39 is 17.5 Å². The number of fused-ring (bicyclic) bond motifs is 2. The molecule has 2 aromatic rings. The Kier molecular flexibility index (Phi) is 6.08. The molecule has 2 aliphatic heterocycles. The van der Waals surface area contributed by atoms with E-state index in [0.717, 1.165) is 24.1 Å². The van der Waals surface area contributed by atoms with Crippen molar-refractivity contribution in [2.45, 2.75) is 58.6 Å². The number of aryl methyl sites for hydroxylation is 2. The highest BCUT2D eigenvalue weighted by molar-refractivity contribution is 6.05. The SMILES string of the molecule is CC(C)(C)OC(=O)NCC1CCn2ncc(C(=O)Nc3cc(F)cc4c3OCCC4)c2C1. The average molecular weight is 445 g/mol. The first kappa shape index (κ1) is 22.1. The Morgan fingerprint density at radius 1 is 1.34 bits per heavy atom. The number of rotatable bonds is 4. The number of carbonyl (C=O) groups is 2. The summed E-state index contributed by atoms with van der Waals surface area (Å²) in [5, 5.41) is 9.96. The van der Waals surface area contributed by atoms with Gasteiger partial charge in [0.25, 0.3) is 5.91 Å². The maximum atomic E-state index is 14.1. The van der Waals surface area contributed by atoms with E-state index in [1.165, 1.54) is 12.1 Å². The number of halogens is 1. The summed E-state index contributed by atoms with van der Waals surface area (Å²) in [5.74, 6) is -0.0705. The summed E-state index contributed by atoms with van der Waals surface area (Å²) in [5.41, 5.74) is 1.79. The zero-order valence-electron chi connectivity index (χ0n) is 18.7. The van der Waals surface area contributed by atoms with E-state index in [-0.39, 0.29) is 11.8 Å². The second-order valence-corrected chi connectivity index (χ2v) is 9.32. The Labute approximate surface area is 186 Å². The molecule has 1 atom stereocenters. The molecule has 1 aromatic heterocycles. The second-order valence-electron chi connectivity index (χ2n) is 9.32. The van der Waals surface area contributed by atoms with Gasteiger partial charge in [0.05, 0.1) is 29.7 Å². The van der Waals surface area contributed by atoms with Crippen LogP contribution in [0.5, 0.6) is 5.75 Å². The van der Waals surface area contributed by atoms with Crippen LogP contribution in [0.1, 0.15) is 55.2 Å². The monoisotopic (exact) mass is 444 g/mol. The van der Waals surface area contributed by atoms with Crippen LogP contribution in [0.3, 0.4) is 0 Å². The minimum atomic E-state index is -0.555. The van der Waals surface area contributed by atoms with E-state index >= 15 is 0 Å². The fourth-order valence-electron chi connectivity index (χ4n) is 4.13. The van der Waals surface area contributed by atoms with Crippen LogP contribution >= 0.6 is 0 Å². The van der Waals surface area contributed by atoms with Gasteiger partial charge in [-0.15, -0.1) is 0 Å². The number of benzene rings is 1. The third kappa shape index (κ3) is 5.03. The maximum Gasteiger partial charge on any atom is 0.407 e. The van der Waals surface area contributed by atoms with Gasteiger partial charge in [0.1, 0.15) is 17.2 Å². The second kappa shape index (κ2) is 8.80. The summed E-state index contributed by atoms with van der Waals surface area (Å²) in [6.07, 6.45) is 4.05. The lowest BCUT2D eigenvalue weighted by atomic mass is 9.94. The minimum absolute atomic E-state index is 0.156. The maximum absolute atomic E-state index is 14.1. The highest BCUT2D eigenvalue weighted by Crippen LogP contribution is 2.35. The third-order valence-corrected chi connectivity index (χ3v) is 5.57. The zero-order chi connectivity index (χ0) is 22.9. The van der Waals surface area contributed by atoms with E-state index in [0.29, 0.717) is 49.5 Å². The molecule has 1 aromatic carbocycles. The van der Waals surface area contributed by atoms with E-state index in [1.807, 2.05) is 25.5 Å². The number of nitrogens with one attached hydrogen (secondary N) is 2. The number of ether oxygens (including phenoxy) is 2. The van der Waals surface area contributed by atoms with Gasteiger partial charge in [0.2, 0.25) is 0 Å². The molecule has 9 heteroatoms. The van der Waals surface area contributed by atoms with Gasteiger partial charge in [-0.1, -0.05) is 0 Å². The molecule has 32 heavy (non-hydrogen) atoms. The van der Waals surface area contributed by atoms with Crippen LogP contribution in [0.2, 0.25) is 0 Å². The first-order valence-corrected chi connectivity index (χ1v) is 11.0. The normalized spacial score (nSPS) is 17.6. The molecule has 0 fully saturated rings. The summed E-state index contributed by atoms with van der Waals surface area (Å²) >= 11 is 0. The van der Waals surface area contributed by atoms with Crippen molar-refractivity contribution in [1.82, 2.24) is 15.1 Å². The van der Waals surface area contributed by atoms with E-state index in [1.54, 1.807) is 6.20 Å². The average Bonchev–Trinajstić information content (AvgIpc) is 3.14. The molecule has 1 unspecified atom stereocenters. The first-order valence-electron chi connectivity index (χ1n) is 11.0. The van der Waals surface area contributed by atoms with Gasteiger partial charge in [-0.05, 0) is 64.0 Å². The molecule has 8 nitrogen and oxygen atoms in total. The van der Waals surface area contributed by atoms with Crippen LogP contribution in [0, 0.1) is 11.7 Å². The van der Waals surface area contributed by atoms with Crippen LogP contribution in [0.4, 0.5) is 14.9 Å². The lowest BCUT2D eigenvalue weighted by molar-refractivity contribution is 0.0516. The molecule has 0 bridgehead atoms. The smallest absolute Gasteiger partial charge is 0.407 e. The molecule has 2 aliphatic rings. The Balaban J connectivity index is 1.44. The molecule has 0 saturated carbocycles. The van der Waals surface area contributed by atoms with Crippen LogP contribution in [-0.4, -0.2) is 40.5 Å². The molecule has 4 rings (SSSR count). The van der Waals surface area contributed by atoms with Crippen molar-refractivity contribution in [2.75, 3.05) is 18.5 Å². The summed E-state index contributed by atoms with van der Waals surface area (Å²) < 4.78 is 26.9. The lowest BCUT2D eigenvalue weighted by Gasteiger charge is -2.25. The summed E-state index contributed by atoms with van der Waals surface area (Å²) in [6.45, 7) is 7.09. The molecular formula is C23H29FN4O4. The zero-order valence-corrected chi connectivity index (χ0v) is 18.7. The molecular weight excluding hydrogens is 415 g/mol. The van der Waals surface area contributed by atoms with Gasteiger partial charge in [0, 0.05) is 19.2 Å². The molecule has 3 heterocycles. The molecule has 0 radical (unpaired) electrons. The predicted molar refractivity (Wildman–Crippen MR) is 116 cm³/mol. The minimum Gasteiger partial charge on any atom is -0.491 e. The van der Waals surface area contributed by atoms with Crippen molar-refractivity contribution >= 4 is 17.7 Å². The molecule has 0 aliphatic carbocycles. The van der Waals surface area contributed by atoms with Gasteiger partial charge < -0.3 is 20.1 Å². The highest BCUT2D eigenvalue weighted by Gasteiger charge is 2.27. The molecule has 172 valence electrons. The lowest BCUT2D eigenvalue weighted by Crippen LogP contribution is -2.37. The van der Waals surface area contributed by atoms with Crippen molar-refractivity contribution in [3.63, 3.8) is 0 Å². The standard InChI is InChI=1S/C23H29FN4O4/c1-23(2,3)32-22(30)25-12-14-6-7-28-19(9-14)17(13-26-28)21(29)27-18-11-16(24)10-15-5-4-8-31-20(15)18/h10-11,13-14H,4-9,12H2,1-3H3,(H,25,30)(H,27,29). The number of amides is 2. The first-order chi connectivity index (χ1) is 15.2. The summed E-state index contributed by atoms with van der Waals surface area (Å²) in [6, 6.07) is 2.74. The summed E-state index contributed by atoms with van der Waals surface area (Å²) in [4.78, 5) is 25.0. The predicted octanol–water partition coefficient (Wildman–Crippen LogP) is 3.69. The molecule has 2 amide bonds. The van der Waals surface area contributed by atoms with Crippen molar-refractivity contribution < 1.29 is 23.5 Å². The van der Waals surface area contributed by atoms with E-state index in [2.05, 4.69) is 15.7 Å². The Morgan fingerprint density at radius 3 is 2.94 bits per heavy atom. The number of hydrogen-bond donors (Lipinski definition) is 2. The molecule has 2 N–H and O–H groups in total. The van der Waals surface area contributed by atoms with Crippen molar-refractivity contribution in [3.8, 4) is 5.75 Å². The van der Waals surface area contributed by atoms with Crippen molar-refractivity contribution in [3.05, 3.63) is 41.0 Å².